The van der Waals surface area contributed by atoms with Gasteiger partial charge in [0.15, 0.2) is 0 Å². The summed E-state index contributed by atoms with van der Waals surface area (Å²) in [5.74, 6) is 0.566. The number of anilines is 1. The summed E-state index contributed by atoms with van der Waals surface area (Å²) >= 11 is 1.44. The number of carbonyl (C=O) groups excluding carboxylic acids is 1. The first kappa shape index (κ1) is 15.4. The van der Waals surface area contributed by atoms with Crippen molar-refractivity contribution < 1.29 is 4.79 Å². The number of hydrogen-bond acceptors (Lipinski definition) is 6. The zero-order valence-corrected chi connectivity index (χ0v) is 14.2. The van der Waals surface area contributed by atoms with Crippen LogP contribution in [0.3, 0.4) is 0 Å². The van der Waals surface area contributed by atoms with Crippen LogP contribution in [-0.2, 0) is 4.79 Å². The Morgan fingerprint density at radius 2 is 1.88 bits per heavy atom. The number of rotatable bonds is 5. The van der Waals surface area contributed by atoms with Gasteiger partial charge < -0.3 is 9.80 Å². The number of aromatic nitrogens is 4. The lowest BCUT2D eigenvalue weighted by Gasteiger charge is -2.36. The molecule has 126 valence electrons. The maximum Gasteiger partial charge on any atom is 0.233 e. The minimum absolute atomic E-state index is 0.165. The van der Waals surface area contributed by atoms with Gasteiger partial charge in [-0.3, -0.25) is 4.79 Å². The largest absolute Gasteiger partial charge is 0.368 e. The monoisotopic (exact) mass is 344 g/mol. The minimum atomic E-state index is 0.165. The molecule has 2 heterocycles. The standard InChI is InChI=1S/C16H20N6OS/c23-15(12-24-16-17-18-19-22(16)14-6-7-14)21-10-8-20(9-11-21)13-4-2-1-3-5-13/h1-5,14H,6-12H2. The van der Waals surface area contributed by atoms with Gasteiger partial charge in [0.25, 0.3) is 0 Å². The van der Waals surface area contributed by atoms with Gasteiger partial charge in [-0.15, -0.1) is 5.10 Å². The van der Waals surface area contributed by atoms with Gasteiger partial charge in [0.1, 0.15) is 0 Å². The molecule has 1 amide bonds. The van der Waals surface area contributed by atoms with E-state index in [9.17, 15) is 4.79 Å². The molecule has 0 spiro atoms. The molecule has 24 heavy (non-hydrogen) atoms. The Labute approximate surface area is 145 Å². The van der Waals surface area contributed by atoms with Gasteiger partial charge >= 0.3 is 0 Å². The van der Waals surface area contributed by atoms with Crippen molar-refractivity contribution in [2.45, 2.75) is 24.0 Å². The Morgan fingerprint density at radius 1 is 1.12 bits per heavy atom. The van der Waals surface area contributed by atoms with Crippen LogP contribution in [0.1, 0.15) is 18.9 Å². The number of tetrazole rings is 1. The highest BCUT2D eigenvalue weighted by molar-refractivity contribution is 7.99. The molecule has 0 unspecified atom stereocenters. The SMILES string of the molecule is O=C(CSc1nnnn1C1CC1)N1CCN(c2ccccc2)CC1. The highest BCUT2D eigenvalue weighted by Gasteiger charge is 2.28. The highest BCUT2D eigenvalue weighted by atomic mass is 32.2. The van der Waals surface area contributed by atoms with Crippen LogP contribution >= 0.6 is 11.8 Å². The van der Waals surface area contributed by atoms with Crippen molar-refractivity contribution in [1.29, 1.82) is 0 Å². The van der Waals surface area contributed by atoms with Crippen LogP contribution in [0.4, 0.5) is 5.69 Å². The number of para-hydroxylation sites is 1. The van der Waals surface area contributed by atoms with Gasteiger partial charge in [-0.25, -0.2) is 4.68 Å². The van der Waals surface area contributed by atoms with E-state index in [1.54, 1.807) is 0 Å². The van der Waals surface area contributed by atoms with E-state index in [-0.39, 0.29) is 5.91 Å². The minimum Gasteiger partial charge on any atom is -0.368 e. The van der Waals surface area contributed by atoms with E-state index >= 15 is 0 Å². The molecule has 2 aromatic rings. The second-order valence-electron chi connectivity index (χ2n) is 6.13. The molecule has 0 atom stereocenters. The number of carbonyl (C=O) groups is 1. The number of hydrogen-bond donors (Lipinski definition) is 0. The topological polar surface area (TPSA) is 67.2 Å². The third-order valence-corrected chi connectivity index (χ3v) is 5.35. The van der Waals surface area contributed by atoms with Crippen molar-refractivity contribution in [2.24, 2.45) is 0 Å². The molecule has 1 saturated carbocycles. The smallest absolute Gasteiger partial charge is 0.233 e. The van der Waals surface area contributed by atoms with E-state index in [1.807, 2.05) is 27.8 Å². The first-order valence-electron chi connectivity index (χ1n) is 8.30. The number of amides is 1. The lowest BCUT2D eigenvalue weighted by Crippen LogP contribution is -2.49. The molecular weight excluding hydrogens is 324 g/mol. The summed E-state index contributed by atoms with van der Waals surface area (Å²) in [6, 6.07) is 10.8. The van der Waals surface area contributed by atoms with Gasteiger partial charge in [0, 0.05) is 31.9 Å². The lowest BCUT2D eigenvalue weighted by molar-refractivity contribution is -0.128. The molecule has 2 aliphatic rings. The third kappa shape index (κ3) is 3.38. The summed E-state index contributed by atoms with van der Waals surface area (Å²) in [6.07, 6.45) is 2.27. The fourth-order valence-corrected chi connectivity index (χ4v) is 3.75. The van der Waals surface area contributed by atoms with E-state index < -0.39 is 0 Å². The molecule has 1 aliphatic carbocycles. The summed E-state index contributed by atoms with van der Waals surface area (Å²) in [7, 11) is 0. The van der Waals surface area contributed by atoms with E-state index in [4.69, 9.17) is 0 Å². The fourth-order valence-electron chi connectivity index (χ4n) is 2.90. The number of benzene rings is 1. The fraction of sp³-hybridized carbons (Fsp3) is 0.500. The zero-order chi connectivity index (χ0) is 16.4. The lowest BCUT2D eigenvalue weighted by atomic mass is 10.2. The molecule has 2 fully saturated rings. The molecule has 1 aliphatic heterocycles. The van der Waals surface area contributed by atoms with Crippen molar-refractivity contribution in [1.82, 2.24) is 25.1 Å². The second kappa shape index (κ2) is 6.80. The number of thioether (sulfide) groups is 1. The maximum atomic E-state index is 12.4. The Morgan fingerprint density at radius 3 is 2.58 bits per heavy atom. The molecule has 0 bridgehead atoms. The summed E-state index contributed by atoms with van der Waals surface area (Å²) in [5.41, 5.74) is 1.22. The molecule has 0 N–H and O–H groups in total. The van der Waals surface area contributed by atoms with Crippen molar-refractivity contribution in [3.63, 3.8) is 0 Å². The molecule has 0 radical (unpaired) electrons. The van der Waals surface area contributed by atoms with Gasteiger partial charge in [-0.05, 0) is 35.4 Å². The average molecular weight is 344 g/mol. The van der Waals surface area contributed by atoms with Crippen LogP contribution in [0.2, 0.25) is 0 Å². The molecule has 1 saturated heterocycles. The molecule has 8 heteroatoms. The number of nitrogens with zero attached hydrogens (tertiary/aromatic N) is 6. The molecule has 4 rings (SSSR count). The maximum absolute atomic E-state index is 12.4. The molecular formula is C16H20N6OS. The Bertz CT molecular complexity index is 694. The van der Waals surface area contributed by atoms with E-state index in [2.05, 4.69) is 32.6 Å². The van der Waals surface area contributed by atoms with Crippen LogP contribution in [0.15, 0.2) is 35.5 Å². The predicted octanol–water partition coefficient (Wildman–Crippen LogP) is 1.45. The number of piperazine rings is 1. The first-order chi connectivity index (χ1) is 11.8. The van der Waals surface area contributed by atoms with Crippen LogP contribution < -0.4 is 4.90 Å². The summed E-state index contributed by atoms with van der Waals surface area (Å²) in [4.78, 5) is 16.7. The van der Waals surface area contributed by atoms with E-state index in [0.717, 1.165) is 44.2 Å². The van der Waals surface area contributed by atoms with Gasteiger partial charge in [-0.1, -0.05) is 30.0 Å². The zero-order valence-electron chi connectivity index (χ0n) is 13.4. The first-order valence-corrected chi connectivity index (χ1v) is 9.28. The van der Waals surface area contributed by atoms with Gasteiger partial charge in [0.05, 0.1) is 11.8 Å². The highest BCUT2D eigenvalue weighted by Crippen LogP contribution is 2.36. The average Bonchev–Trinajstić information content (AvgIpc) is 3.38. The van der Waals surface area contributed by atoms with Crippen molar-refractivity contribution in [2.75, 3.05) is 36.8 Å². The Kier molecular flexibility index (Phi) is 4.38. The van der Waals surface area contributed by atoms with Crippen LogP contribution in [0, 0.1) is 0 Å². The quantitative estimate of drug-likeness (QED) is 0.765. The van der Waals surface area contributed by atoms with Crippen LogP contribution in [0.5, 0.6) is 0 Å². The van der Waals surface area contributed by atoms with Gasteiger partial charge in [-0.2, -0.15) is 0 Å². The Hall–Kier alpha value is -2.09. The summed E-state index contributed by atoms with van der Waals surface area (Å²) in [5, 5.41) is 12.5. The van der Waals surface area contributed by atoms with Crippen LogP contribution in [-0.4, -0.2) is 62.9 Å². The third-order valence-electron chi connectivity index (χ3n) is 4.43. The molecule has 1 aromatic heterocycles. The molecule has 7 nitrogen and oxygen atoms in total. The van der Waals surface area contributed by atoms with Crippen LogP contribution in [0.25, 0.3) is 0 Å². The summed E-state index contributed by atoms with van der Waals surface area (Å²) < 4.78 is 1.85. The predicted molar refractivity (Wildman–Crippen MR) is 92.0 cm³/mol. The van der Waals surface area contributed by atoms with Crippen molar-refractivity contribution >= 4 is 23.4 Å². The van der Waals surface area contributed by atoms with E-state index in [0.29, 0.717) is 11.8 Å². The summed E-state index contributed by atoms with van der Waals surface area (Å²) in [6.45, 7) is 3.28. The van der Waals surface area contributed by atoms with Crippen molar-refractivity contribution in [3.8, 4) is 0 Å². The Balaban J connectivity index is 1.28. The van der Waals surface area contributed by atoms with E-state index in [1.165, 1.54) is 17.4 Å². The molecule has 1 aromatic carbocycles. The normalized spacial score (nSPS) is 18.0. The van der Waals surface area contributed by atoms with Gasteiger partial charge in [0.2, 0.25) is 11.1 Å². The second-order valence-corrected chi connectivity index (χ2v) is 7.07. The van der Waals surface area contributed by atoms with Crippen molar-refractivity contribution in [3.05, 3.63) is 30.3 Å².